The van der Waals surface area contributed by atoms with Gasteiger partial charge in [0.2, 0.25) is 0 Å². The summed E-state index contributed by atoms with van der Waals surface area (Å²) in [4.78, 5) is 34.5. The molecule has 0 amide bonds. The Morgan fingerprint density at radius 2 is 1.38 bits per heavy atom. The van der Waals surface area contributed by atoms with Crippen LogP contribution in [0.4, 0.5) is 0 Å². The maximum Gasteiger partial charge on any atom is 0.364 e. The van der Waals surface area contributed by atoms with Crippen LogP contribution in [-0.2, 0) is 9.13 Å². The molecule has 0 atom stereocenters. The van der Waals surface area contributed by atoms with Crippen LogP contribution < -0.4 is 0 Å². The third-order valence-corrected chi connectivity index (χ3v) is 4.13. The molecule has 0 unspecified atom stereocenters. The summed E-state index contributed by atoms with van der Waals surface area (Å²) in [7, 11) is -9.71. The second-order valence-electron chi connectivity index (χ2n) is 2.86. The first-order valence-electron chi connectivity index (χ1n) is 3.39. The lowest BCUT2D eigenvalue weighted by Gasteiger charge is -2.11. The number of allylic oxidation sites excluding steroid dienone is 1. The molecule has 0 aliphatic carbocycles. The van der Waals surface area contributed by atoms with E-state index < -0.39 is 20.2 Å². The smallest absolute Gasteiger partial charge is 0.321 e. The summed E-state index contributed by atoms with van der Waals surface area (Å²) < 4.78 is 21.3. The Morgan fingerprint density at radius 1 is 1.08 bits per heavy atom. The van der Waals surface area contributed by atoms with Gasteiger partial charge in [-0.05, 0) is 5.92 Å². The van der Waals surface area contributed by atoms with Crippen LogP contribution in [0.15, 0.2) is 11.1 Å². The molecule has 4 N–H and O–H groups in total. The molecule has 0 bridgehead atoms. The van der Waals surface area contributed by atoms with Crippen molar-refractivity contribution in [2.24, 2.45) is 5.92 Å². The maximum absolute atomic E-state index is 10.6. The van der Waals surface area contributed by atoms with Crippen molar-refractivity contribution >= 4 is 15.2 Å². The first-order chi connectivity index (χ1) is 5.55. The first kappa shape index (κ1) is 13.0. The Hall–Kier alpha value is 0.0400. The van der Waals surface area contributed by atoms with Gasteiger partial charge in [0.15, 0.2) is 0 Å². The number of rotatable bonds is 3. The van der Waals surface area contributed by atoms with Gasteiger partial charge in [-0.3, -0.25) is 9.13 Å². The summed E-state index contributed by atoms with van der Waals surface area (Å²) in [5.74, 6) is -0.338. The lowest BCUT2D eigenvalue weighted by Crippen LogP contribution is -1.91. The van der Waals surface area contributed by atoms with E-state index in [0.717, 1.165) is 6.08 Å². The zero-order chi connectivity index (χ0) is 10.9. The third kappa shape index (κ3) is 4.72. The van der Waals surface area contributed by atoms with Crippen LogP contribution >= 0.6 is 15.2 Å². The summed E-state index contributed by atoms with van der Waals surface area (Å²) in [5.41, 5.74) is 0. The normalized spacial score (nSPS) is 13.2. The van der Waals surface area contributed by atoms with Crippen LogP contribution in [0.2, 0.25) is 0 Å². The number of hydrogen-bond acceptors (Lipinski definition) is 2. The molecule has 78 valence electrons. The molecule has 8 heteroatoms. The zero-order valence-corrected chi connectivity index (χ0v) is 8.94. The molecule has 0 aromatic heterocycles. The van der Waals surface area contributed by atoms with Crippen LogP contribution in [0.5, 0.6) is 0 Å². The van der Waals surface area contributed by atoms with Gasteiger partial charge in [0.1, 0.15) is 5.06 Å². The maximum atomic E-state index is 10.6. The van der Waals surface area contributed by atoms with Crippen LogP contribution in [0.1, 0.15) is 13.8 Å². The Bertz CT molecular complexity index is 270. The molecule has 13 heavy (non-hydrogen) atoms. The molecule has 0 saturated carbocycles. The molecular weight excluding hydrogens is 218 g/mol. The molecule has 0 saturated heterocycles. The SMILES string of the molecule is CC(C)C=C(P(=O)(O)O)P(=O)(O)O. The highest BCUT2D eigenvalue weighted by Crippen LogP contribution is 2.64. The van der Waals surface area contributed by atoms with E-state index in [-0.39, 0.29) is 5.92 Å². The zero-order valence-electron chi connectivity index (χ0n) is 7.15. The van der Waals surface area contributed by atoms with Gasteiger partial charge < -0.3 is 19.6 Å². The van der Waals surface area contributed by atoms with Crippen LogP contribution in [0.3, 0.4) is 0 Å². The van der Waals surface area contributed by atoms with E-state index in [4.69, 9.17) is 19.6 Å². The highest BCUT2D eigenvalue weighted by atomic mass is 31.2. The molecule has 0 aliphatic rings. The van der Waals surface area contributed by atoms with Crippen molar-refractivity contribution in [1.29, 1.82) is 0 Å². The molecular formula is C5H12O6P2. The summed E-state index contributed by atoms with van der Waals surface area (Å²) >= 11 is 0. The van der Waals surface area contributed by atoms with Gasteiger partial charge in [0, 0.05) is 0 Å². The third-order valence-electron chi connectivity index (χ3n) is 1.08. The second kappa shape index (κ2) is 4.05. The van der Waals surface area contributed by atoms with Crippen LogP contribution in [0.25, 0.3) is 0 Å². The Labute approximate surface area is 75.6 Å². The van der Waals surface area contributed by atoms with E-state index in [1.165, 1.54) is 0 Å². The average Bonchev–Trinajstić information content (AvgIpc) is 1.77. The minimum absolute atomic E-state index is 0.338. The van der Waals surface area contributed by atoms with Gasteiger partial charge in [-0.2, -0.15) is 0 Å². The van der Waals surface area contributed by atoms with Crippen molar-refractivity contribution in [3.63, 3.8) is 0 Å². The fourth-order valence-corrected chi connectivity index (χ4v) is 3.00. The van der Waals surface area contributed by atoms with E-state index in [1.807, 2.05) is 0 Å². The quantitative estimate of drug-likeness (QED) is 0.534. The molecule has 0 rings (SSSR count). The summed E-state index contributed by atoms with van der Waals surface area (Å²) in [6, 6.07) is 0. The van der Waals surface area contributed by atoms with Crippen molar-refractivity contribution in [1.82, 2.24) is 0 Å². The molecule has 0 aromatic rings. The highest BCUT2D eigenvalue weighted by Gasteiger charge is 2.35. The van der Waals surface area contributed by atoms with Gasteiger partial charge in [0.25, 0.3) is 0 Å². The van der Waals surface area contributed by atoms with E-state index in [0.29, 0.717) is 0 Å². The van der Waals surface area contributed by atoms with Gasteiger partial charge in [-0.15, -0.1) is 0 Å². The van der Waals surface area contributed by atoms with E-state index >= 15 is 0 Å². The van der Waals surface area contributed by atoms with Gasteiger partial charge in [-0.25, -0.2) is 0 Å². The minimum atomic E-state index is -4.85. The van der Waals surface area contributed by atoms with Crippen molar-refractivity contribution in [2.45, 2.75) is 13.8 Å². The highest BCUT2D eigenvalue weighted by molar-refractivity contribution is 7.77. The molecule has 0 spiro atoms. The Kier molecular flexibility index (Phi) is 4.06. The Balaban J connectivity index is 5.27. The first-order valence-corrected chi connectivity index (χ1v) is 6.61. The van der Waals surface area contributed by atoms with Crippen molar-refractivity contribution in [3.8, 4) is 0 Å². The van der Waals surface area contributed by atoms with Crippen LogP contribution in [0, 0.1) is 5.92 Å². The van der Waals surface area contributed by atoms with Crippen molar-refractivity contribution < 1.29 is 28.7 Å². The molecule has 6 nitrogen and oxygen atoms in total. The largest absolute Gasteiger partial charge is 0.364 e. The van der Waals surface area contributed by atoms with Crippen molar-refractivity contribution in [3.05, 3.63) is 11.1 Å². The van der Waals surface area contributed by atoms with Gasteiger partial charge in [0.05, 0.1) is 0 Å². The fourth-order valence-electron chi connectivity index (χ4n) is 0.662. The minimum Gasteiger partial charge on any atom is -0.321 e. The predicted molar refractivity (Wildman–Crippen MR) is 47.0 cm³/mol. The topological polar surface area (TPSA) is 115 Å². The van der Waals surface area contributed by atoms with Crippen LogP contribution in [-0.4, -0.2) is 19.6 Å². The van der Waals surface area contributed by atoms with E-state index in [1.54, 1.807) is 13.8 Å². The second-order valence-corrected chi connectivity index (χ2v) is 6.35. The molecule has 0 heterocycles. The fraction of sp³-hybridized carbons (Fsp3) is 0.600. The molecule has 0 fully saturated rings. The standard InChI is InChI=1S/C5H12O6P2/c1-4(2)3-5(12(6,7)8)13(9,10)11/h3-4H,1-2H3,(H2,6,7,8)(H2,9,10,11). The van der Waals surface area contributed by atoms with Gasteiger partial charge in [-0.1, -0.05) is 19.9 Å². The predicted octanol–water partition coefficient (Wildman–Crippen LogP) is 0.839. The Morgan fingerprint density at radius 3 is 1.46 bits per heavy atom. The molecule has 0 aromatic carbocycles. The molecule has 0 aliphatic heterocycles. The average molecular weight is 230 g/mol. The lowest BCUT2D eigenvalue weighted by atomic mass is 10.2. The molecule has 0 radical (unpaired) electrons. The van der Waals surface area contributed by atoms with Crippen molar-refractivity contribution in [2.75, 3.05) is 0 Å². The van der Waals surface area contributed by atoms with E-state index in [2.05, 4.69) is 0 Å². The summed E-state index contributed by atoms with van der Waals surface area (Å²) in [6.07, 6.45) is 0.890. The van der Waals surface area contributed by atoms with Gasteiger partial charge >= 0.3 is 15.2 Å². The summed E-state index contributed by atoms with van der Waals surface area (Å²) in [5, 5.41) is -1.10. The van der Waals surface area contributed by atoms with E-state index in [9.17, 15) is 9.13 Å². The summed E-state index contributed by atoms with van der Waals surface area (Å²) in [6.45, 7) is 3.12. The monoisotopic (exact) mass is 230 g/mol. The number of hydrogen-bond donors (Lipinski definition) is 4. The lowest BCUT2D eigenvalue weighted by molar-refractivity contribution is 0.366.